The molecule has 1 amide bonds. The van der Waals surface area contributed by atoms with Crippen LogP contribution in [0.15, 0.2) is 0 Å². The quantitative estimate of drug-likeness (QED) is 0.0932. The summed E-state index contributed by atoms with van der Waals surface area (Å²) in [6.07, 6.45) is 17.2. The summed E-state index contributed by atoms with van der Waals surface area (Å²) in [5.74, 6) is -0.903. The number of nitrogens with one attached hydrogen (secondary N) is 1. The van der Waals surface area contributed by atoms with Crippen LogP contribution in [-0.2, 0) is 19.1 Å². The first kappa shape index (κ1) is 42.8. The van der Waals surface area contributed by atoms with Gasteiger partial charge in [-0.2, -0.15) is 0 Å². The van der Waals surface area contributed by atoms with Gasteiger partial charge in [0, 0.05) is 32.6 Å². The second-order valence-electron chi connectivity index (χ2n) is 10.3. The van der Waals surface area contributed by atoms with Crippen molar-refractivity contribution in [1.82, 2.24) is 10.2 Å². The Morgan fingerprint density at radius 2 is 1.18 bits per heavy atom. The second-order valence-corrected chi connectivity index (χ2v) is 10.3. The molecule has 38 heavy (non-hydrogen) atoms. The molecule has 216 valence electrons. The summed E-state index contributed by atoms with van der Waals surface area (Å²) in [5.41, 5.74) is 0. The van der Waals surface area contributed by atoms with Crippen LogP contribution in [0.1, 0.15) is 119 Å². The number of hydrogen-bond acceptors (Lipinski definition) is 5. The molecule has 0 aromatic carbocycles. The van der Waals surface area contributed by atoms with E-state index in [0.717, 1.165) is 18.8 Å². The van der Waals surface area contributed by atoms with Gasteiger partial charge in [-0.25, -0.2) is 0 Å². The number of carboxylic acids is 2. The Balaban J connectivity index is -0.00000102. The zero-order valence-corrected chi connectivity index (χ0v) is 29.1. The van der Waals surface area contributed by atoms with Crippen molar-refractivity contribution in [3.05, 3.63) is 0 Å². The molecule has 0 rings (SSSR count). The summed E-state index contributed by atoms with van der Waals surface area (Å²) in [4.78, 5) is 35.4. The van der Waals surface area contributed by atoms with Gasteiger partial charge < -0.3 is 23.1 Å². The first-order valence-corrected chi connectivity index (χ1v) is 14.3. The number of amides is 1. The maximum absolute atomic E-state index is 12.1. The van der Waals surface area contributed by atoms with Crippen LogP contribution in [0.5, 0.6) is 0 Å². The number of carbonyl (C=O) groups is 3. The van der Waals surface area contributed by atoms with E-state index in [1.165, 1.54) is 70.6 Å². The molecule has 0 aromatic heterocycles. The first-order chi connectivity index (χ1) is 17.3. The van der Waals surface area contributed by atoms with Crippen molar-refractivity contribution in [2.45, 2.75) is 117 Å². The Labute approximate surface area is 279 Å². The van der Waals surface area contributed by atoms with Crippen LogP contribution < -0.4 is 64.4 Å². The third kappa shape index (κ3) is 34.4. The van der Waals surface area contributed by atoms with E-state index in [1.54, 1.807) is 0 Å². The maximum atomic E-state index is 12.1. The molecule has 8 nitrogen and oxygen atoms in total. The van der Waals surface area contributed by atoms with E-state index in [0.29, 0.717) is 39.2 Å². The third-order valence-electron chi connectivity index (χ3n) is 6.34. The van der Waals surface area contributed by atoms with Gasteiger partial charge in [-0.05, 0) is 12.3 Å². The van der Waals surface area contributed by atoms with Crippen molar-refractivity contribution in [3.8, 4) is 0 Å². The predicted molar refractivity (Wildman–Crippen MR) is 146 cm³/mol. The average molecular weight is 563 g/mol. The van der Waals surface area contributed by atoms with Crippen LogP contribution in [0.4, 0.5) is 0 Å². The first-order valence-electron chi connectivity index (χ1n) is 14.3. The van der Waals surface area contributed by atoms with Crippen molar-refractivity contribution in [2.75, 3.05) is 39.4 Å². The second kappa shape index (κ2) is 31.9. The summed E-state index contributed by atoms with van der Waals surface area (Å²) < 4.78 is 5.29. The number of nitrogens with zero attached hydrogens (tertiary/aromatic N) is 1. The number of aliphatic carboxylic acids is 2. The fraction of sp³-hybridized carbons (Fsp3) is 0.893. The topological polar surface area (TPSA) is 116 Å². The zero-order chi connectivity index (χ0) is 26.9. The zero-order valence-electron chi connectivity index (χ0n) is 27.1. The molecule has 0 saturated heterocycles. The largest absolute Gasteiger partial charge is 1.00 e. The van der Waals surface area contributed by atoms with Gasteiger partial charge >= 0.3 is 71.1 Å². The minimum Gasteiger partial charge on any atom is -1.00 e. The molecule has 0 heterocycles. The molecule has 3 N–H and O–H groups in total. The van der Waals surface area contributed by atoms with Crippen molar-refractivity contribution < 1.29 is 91.3 Å². The number of unbranched alkanes of at least 4 members (excludes halogenated alkanes) is 11. The Bertz CT molecular complexity index is 579. The summed E-state index contributed by atoms with van der Waals surface area (Å²) in [7, 11) is 0. The maximum Gasteiger partial charge on any atom is 1.00 e. The smallest absolute Gasteiger partial charge is 1.00 e. The van der Waals surface area contributed by atoms with E-state index in [2.05, 4.69) is 19.2 Å². The summed E-state index contributed by atoms with van der Waals surface area (Å²) >= 11 is 0. The van der Waals surface area contributed by atoms with Gasteiger partial charge in [0.25, 0.3) is 0 Å². The van der Waals surface area contributed by atoms with E-state index in [1.807, 2.05) is 4.90 Å². The fourth-order valence-corrected chi connectivity index (χ4v) is 4.09. The van der Waals surface area contributed by atoms with E-state index < -0.39 is 11.9 Å². The molecule has 0 bridgehead atoms. The Kier molecular flexibility index (Phi) is 35.9. The van der Waals surface area contributed by atoms with Gasteiger partial charge in [-0.15, -0.1) is 0 Å². The molecule has 0 aromatic rings. The SMILES string of the molecule is CC(C)CCCCCCCCCCCCCCC(=O)NCCN(CCOCCC(=O)O)CCC(=O)O.[H-].[H-].[Na+].[Na+]. The van der Waals surface area contributed by atoms with Gasteiger partial charge in [0.2, 0.25) is 5.91 Å². The standard InChI is InChI=1S/C28H54N2O6.2Na.2H/c1-25(2)15-13-11-9-7-5-3-4-6-8-10-12-14-16-26(31)29-19-21-30(20-17-27(32)33)22-24-36-23-18-28(34)35;;;;/h25H,3-24H2,1-2H3,(H,29,31)(H,32,33)(H,34,35);;;;/q;2*+1;2*-1. The average Bonchev–Trinajstić information content (AvgIpc) is 2.81. The van der Waals surface area contributed by atoms with Crippen LogP contribution in [0.2, 0.25) is 0 Å². The fourth-order valence-electron chi connectivity index (χ4n) is 4.09. The molecule has 0 aliphatic carbocycles. The molecule has 0 spiro atoms. The van der Waals surface area contributed by atoms with Crippen molar-refractivity contribution in [1.29, 1.82) is 0 Å². The van der Waals surface area contributed by atoms with Crippen molar-refractivity contribution in [3.63, 3.8) is 0 Å². The van der Waals surface area contributed by atoms with Gasteiger partial charge in [-0.3, -0.25) is 19.3 Å². The molecule has 0 saturated carbocycles. The van der Waals surface area contributed by atoms with E-state index in [9.17, 15) is 14.4 Å². The number of rotatable bonds is 27. The van der Waals surface area contributed by atoms with E-state index >= 15 is 0 Å². The van der Waals surface area contributed by atoms with Crippen LogP contribution in [0.25, 0.3) is 0 Å². The van der Waals surface area contributed by atoms with Crippen LogP contribution in [-0.4, -0.2) is 72.4 Å². The molecule has 0 radical (unpaired) electrons. The monoisotopic (exact) mass is 562 g/mol. The molecule has 0 fully saturated rings. The third-order valence-corrected chi connectivity index (χ3v) is 6.34. The van der Waals surface area contributed by atoms with Crippen molar-refractivity contribution >= 4 is 17.8 Å². The molecule has 0 aliphatic heterocycles. The molecular formula is C28H56N2Na2O6. The number of carbonyl (C=O) groups excluding carboxylic acids is 1. The Morgan fingerprint density at radius 3 is 1.68 bits per heavy atom. The molecule has 10 heteroatoms. The summed E-state index contributed by atoms with van der Waals surface area (Å²) in [5, 5.41) is 20.5. The molecule has 0 unspecified atom stereocenters. The number of hydrogen-bond donors (Lipinski definition) is 3. The minimum absolute atomic E-state index is 0. The van der Waals surface area contributed by atoms with Crippen LogP contribution >= 0.6 is 0 Å². The molecule has 0 aliphatic rings. The predicted octanol–water partition coefficient (Wildman–Crippen LogP) is -0.279. The van der Waals surface area contributed by atoms with Gasteiger partial charge in [0.15, 0.2) is 0 Å². The Morgan fingerprint density at radius 1 is 0.684 bits per heavy atom. The Hall–Kier alpha value is 0.330. The minimum atomic E-state index is -0.908. The number of carboxylic acid groups (broad SMARTS) is 2. The van der Waals surface area contributed by atoms with Gasteiger partial charge in [-0.1, -0.05) is 90.9 Å². The summed E-state index contributed by atoms with van der Waals surface area (Å²) in [6.45, 7) is 6.94. The number of ether oxygens (including phenoxy) is 1. The van der Waals surface area contributed by atoms with Gasteiger partial charge in [0.1, 0.15) is 0 Å². The van der Waals surface area contributed by atoms with E-state index in [-0.39, 0.29) is 87.3 Å². The van der Waals surface area contributed by atoms with Crippen LogP contribution in [0.3, 0.4) is 0 Å². The normalized spacial score (nSPS) is 10.7. The van der Waals surface area contributed by atoms with Gasteiger partial charge in [0.05, 0.1) is 26.1 Å². The van der Waals surface area contributed by atoms with E-state index in [4.69, 9.17) is 14.9 Å². The molecule has 0 atom stereocenters. The molecular weight excluding hydrogens is 506 g/mol. The summed E-state index contributed by atoms with van der Waals surface area (Å²) in [6, 6.07) is 0. The van der Waals surface area contributed by atoms with Crippen molar-refractivity contribution in [2.24, 2.45) is 5.92 Å². The van der Waals surface area contributed by atoms with Crippen LogP contribution in [0, 0.1) is 5.92 Å².